The summed E-state index contributed by atoms with van der Waals surface area (Å²) in [5.74, 6) is 1.30. The molecular formula is C15H24ClNS. The molecule has 0 saturated carbocycles. The Morgan fingerprint density at radius 2 is 1.94 bits per heavy atom. The van der Waals surface area contributed by atoms with Gasteiger partial charge in [0, 0.05) is 11.6 Å². The minimum Gasteiger partial charge on any atom is -0.313 e. The van der Waals surface area contributed by atoms with Crippen LogP contribution in [0.3, 0.4) is 0 Å². The maximum absolute atomic E-state index is 5.94. The van der Waals surface area contributed by atoms with E-state index in [4.69, 9.17) is 11.6 Å². The average Bonchev–Trinajstić information content (AvgIpc) is 2.35. The normalized spacial score (nSPS) is 10.8. The maximum Gasteiger partial charge on any atom is 0.0408 e. The fourth-order valence-corrected chi connectivity index (χ4v) is 2.65. The summed E-state index contributed by atoms with van der Waals surface area (Å²) in [5.41, 5.74) is 2.62. The third-order valence-corrected chi connectivity index (χ3v) is 4.00. The van der Waals surface area contributed by atoms with Gasteiger partial charge in [0.05, 0.1) is 0 Å². The predicted molar refractivity (Wildman–Crippen MR) is 84.7 cm³/mol. The van der Waals surface area contributed by atoms with Crippen molar-refractivity contribution in [2.24, 2.45) is 0 Å². The number of hydrogen-bond donors (Lipinski definition) is 1. The average molecular weight is 286 g/mol. The maximum atomic E-state index is 5.94. The topological polar surface area (TPSA) is 12.0 Å². The monoisotopic (exact) mass is 285 g/mol. The lowest BCUT2D eigenvalue weighted by Crippen LogP contribution is -2.15. The van der Waals surface area contributed by atoms with Crippen molar-refractivity contribution in [2.45, 2.75) is 39.2 Å². The van der Waals surface area contributed by atoms with E-state index in [0.29, 0.717) is 0 Å². The Kier molecular flexibility index (Phi) is 8.57. The summed E-state index contributed by atoms with van der Waals surface area (Å²) in [6.07, 6.45) is 7.52. The van der Waals surface area contributed by atoms with E-state index in [1.54, 1.807) is 0 Å². The Morgan fingerprint density at radius 3 is 2.67 bits per heavy atom. The van der Waals surface area contributed by atoms with Gasteiger partial charge in [-0.25, -0.2) is 0 Å². The highest BCUT2D eigenvalue weighted by Gasteiger charge is 1.98. The van der Waals surface area contributed by atoms with Gasteiger partial charge in [-0.3, -0.25) is 0 Å². The van der Waals surface area contributed by atoms with Gasteiger partial charge < -0.3 is 5.32 Å². The summed E-state index contributed by atoms with van der Waals surface area (Å²) in [7, 11) is 0. The van der Waals surface area contributed by atoms with E-state index in [-0.39, 0.29) is 0 Å². The van der Waals surface area contributed by atoms with Gasteiger partial charge in [-0.1, -0.05) is 30.5 Å². The minimum absolute atomic E-state index is 0.824. The first kappa shape index (κ1) is 15.9. The van der Waals surface area contributed by atoms with Crippen LogP contribution in [-0.4, -0.2) is 18.6 Å². The number of hydrogen-bond acceptors (Lipinski definition) is 2. The molecule has 0 fully saturated rings. The molecule has 0 bridgehead atoms. The van der Waals surface area contributed by atoms with Crippen molar-refractivity contribution < 1.29 is 0 Å². The quantitative estimate of drug-likeness (QED) is 0.662. The highest BCUT2D eigenvalue weighted by Crippen LogP contribution is 2.14. The molecule has 0 atom stereocenters. The molecule has 1 nitrogen and oxygen atoms in total. The largest absolute Gasteiger partial charge is 0.313 e. The zero-order chi connectivity index (χ0) is 13.2. The van der Waals surface area contributed by atoms with Crippen LogP contribution in [0.4, 0.5) is 0 Å². The van der Waals surface area contributed by atoms with Gasteiger partial charge in [-0.2, -0.15) is 11.8 Å². The van der Waals surface area contributed by atoms with Gasteiger partial charge in [0.2, 0.25) is 0 Å². The second kappa shape index (κ2) is 9.71. The standard InChI is InChI=1S/C15H24ClNS/c1-13-11-15(16)8-7-14(13)12-17-9-5-3-4-6-10-18-2/h7-8,11,17H,3-6,9-10,12H2,1-2H3. The summed E-state index contributed by atoms with van der Waals surface area (Å²) < 4.78 is 0. The number of nitrogens with one attached hydrogen (secondary N) is 1. The highest BCUT2D eigenvalue weighted by atomic mass is 35.5. The predicted octanol–water partition coefficient (Wildman–Crippen LogP) is 4.66. The first-order valence-corrected chi connectivity index (χ1v) is 8.46. The Hall–Kier alpha value is -0.180. The second-order valence-corrected chi connectivity index (χ2v) is 6.08. The van der Waals surface area contributed by atoms with Crippen LogP contribution in [0.5, 0.6) is 0 Å². The zero-order valence-corrected chi connectivity index (χ0v) is 13.0. The van der Waals surface area contributed by atoms with Gasteiger partial charge in [-0.15, -0.1) is 0 Å². The number of unbranched alkanes of at least 4 members (excludes halogenated alkanes) is 3. The molecule has 0 radical (unpaired) electrons. The fourth-order valence-electron chi connectivity index (χ4n) is 1.93. The molecule has 0 spiro atoms. The molecule has 0 aromatic heterocycles. The molecule has 0 aliphatic carbocycles. The van der Waals surface area contributed by atoms with Crippen LogP contribution in [0.2, 0.25) is 5.02 Å². The number of thioether (sulfide) groups is 1. The van der Waals surface area contributed by atoms with Crippen LogP contribution in [0, 0.1) is 6.92 Å². The van der Waals surface area contributed by atoms with Crippen molar-refractivity contribution in [2.75, 3.05) is 18.6 Å². The van der Waals surface area contributed by atoms with Crippen molar-refractivity contribution >= 4 is 23.4 Å². The molecule has 3 heteroatoms. The van der Waals surface area contributed by atoms with Gasteiger partial charge in [0.1, 0.15) is 0 Å². The Bertz CT molecular complexity index is 341. The van der Waals surface area contributed by atoms with Crippen molar-refractivity contribution in [3.8, 4) is 0 Å². The first-order valence-electron chi connectivity index (χ1n) is 6.68. The van der Waals surface area contributed by atoms with E-state index in [1.165, 1.54) is 42.6 Å². The van der Waals surface area contributed by atoms with Crippen LogP contribution in [0.1, 0.15) is 36.8 Å². The Labute approximate surface area is 121 Å². The van der Waals surface area contributed by atoms with Crippen LogP contribution in [0.15, 0.2) is 18.2 Å². The SMILES string of the molecule is CSCCCCCCNCc1ccc(Cl)cc1C. The van der Waals surface area contributed by atoms with Crippen LogP contribution in [-0.2, 0) is 6.54 Å². The zero-order valence-electron chi connectivity index (χ0n) is 11.5. The van der Waals surface area contributed by atoms with Gasteiger partial charge in [0.25, 0.3) is 0 Å². The molecule has 102 valence electrons. The van der Waals surface area contributed by atoms with Crippen molar-refractivity contribution in [1.29, 1.82) is 0 Å². The summed E-state index contributed by atoms with van der Waals surface area (Å²) >= 11 is 7.88. The number of aryl methyl sites for hydroxylation is 1. The second-order valence-electron chi connectivity index (χ2n) is 4.65. The molecule has 0 heterocycles. The van der Waals surface area contributed by atoms with Crippen molar-refractivity contribution in [3.05, 3.63) is 34.3 Å². The summed E-state index contributed by atoms with van der Waals surface area (Å²) in [5, 5.41) is 4.33. The number of halogens is 1. The van der Waals surface area contributed by atoms with Gasteiger partial charge in [0.15, 0.2) is 0 Å². The fraction of sp³-hybridized carbons (Fsp3) is 0.600. The lowest BCUT2D eigenvalue weighted by molar-refractivity contribution is 0.599. The van der Waals surface area contributed by atoms with Crippen LogP contribution < -0.4 is 5.32 Å². The lowest BCUT2D eigenvalue weighted by Gasteiger charge is -2.08. The molecule has 1 rings (SSSR count). The molecule has 0 amide bonds. The van der Waals surface area contributed by atoms with Gasteiger partial charge >= 0.3 is 0 Å². The smallest absolute Gasteiger partial charge is 0.0408 e. The molecule has 0 aliphatic rings. The molecule has 1 aromatic rings. The molecule has 0 aliphatic heterocycles. The number of benzene rings is 1. The molecule has 0 unspecified atom stereocenters. The first-order chi connectivity index (χ1) is 8.74. The Morgan fingerprint density at radius 1 is 1.17 bits per heavy atom. The van der Waals surface area contributed by atoms with E-state index in [0.717, 1.165) is 18.1 Å². The van der Waals surface area contributed by atoms with E-state index in [9.17, 15) is 0 Å². The van der Waals surface area contributed by atoms with Crippen LogP contribution >= 0.6 is 23.4 Å². The molecular weight excluding hydrogens is 262 g/mol. The molecule has 18 heavy (non-hydrogen) atoms. The summed E-state index contributed by atoms with van der Waals surface area (Å²) in [4.78, 5) is 0. The molecule has 1 N–H and O–H groups in total. The molecule has 0 saturated heterocycles. The van der Waals surface area contributed by atoms with Gasteiger partial charge in [-0.05, 0) is 61.6 Å². The van der Waals surface area contributed by atoms with E-state index in [1.807, 2.05) is 23.9 Å². The van der Waals surface area contributed by atoms with Crippen molar-refractivity contribution in [3.63, 3.8) is 0 Å². The van der Waals surface area contributed by atoms with Crippen molar-refractivity contribution in [1.82, 2.24) is 5.32 Å². The molecule has 1 aromatic carbocycles. The summed E-state index contributed by atoms with van der Waals surface area (Å²) in [6, 6.07) is 6.11. The third kappa shape index (κ3) is 6.67. The van der Waals surface area contributed by atoms with E-state index in [2.05, 4.69) is 24.6 Å². The van der Waals surface area contributed by atoms with E-state index >= 15 is 0 Å². The van der Waals surface area contributed by atoms with Crippen LogP contribution in [0.25, 0.3) is 0 Å². The Balaban J connectivity index is 2.07. The third-order valence-electron chi connectivity index (χ3n) is 3.07. The lowest BCUT2D eigenvalue weighted by atomic mass is 10.1. The number of rotatable bonds is 9. The summed E-state index contributed by atoms with van der Waals surface area (Å²) in [6.45, 7) is 4.18. The highest BCUT2D eigenvalue weighted by molar-refractivity contribution is 7.98. The van der Waals surface area contributed by atoms with E-state index < -0.39 is 0 Å². The minimum atomic E-state index is 0.824.